The Morgan fingerprint density at radius 3 is 2.64 bits per heavy atom. The Bertz CT molecular complexity index is 1210. The van der Waals surface area contributed by atoms with Crippen molar-refractivity contribution in [3.05, 3.63) is 35.4 Å². The van der Waals surface area contributed by atoms with Gasteiger partial charge in [-0.05, 0) is 37.3 Å². The third-order valence-electron chi connectivity index (χ3n) is 8.30. The number of aliphatic hydroxyl groups excluding tert-OH is 3. The molecule has 0 amide bonds. The largest absolute Gasteiger partial charge is 0.454 e. The Hall–Kier alpha value is -2.26. The van der Waals surface area contributed by atoms with Crippen LogP contribution in [0.3, 0.4) is 0 Å². The van der Waals surface area contributed by atoms with Crippen LogP contribution in [0.2, 0.25) is 0 Å². The number of rotatable bonds is 6. The first-order chi connectivity index (χ1) is 17.0. The Morgan fingerprint density at radius 1 is 1.25 bits per heavy atom. The monoisotopic (exact) mass is 496 g/mol. The van der Waals surface area contributed by atoms with Gasteiger partial charge in [-0.2, -0.15) is 0 Å². The molecule has 3 aliphatic rings. The number of aliphatic hydroxyl groups is 3. The number of hydrogen-bond acceptors (Lipinski definition) is 7. The maximum absolute atomic E-state index is 10.7. The van der Waals surface area contributed by atoms with E-state index in [1.54, 1.807) is 6.20 Å². The van der Waals surface area contributed by atoms with Crippen molar-refractivity contribution in [3.63, 3.8) is 0 Å². The number of amidine groups is 1. The summed E-state index contributed by atoms with van der Waals surface area (Å²) in [6, 6.07) is 3.58. The second-order valence-electron chi connectivity index (χ2n) is 12.1. The Labute approximate surface area is 212 Å². The van der Waals surface area contributed by atoms with Crippen molar-refractivity contribution in [2.45, 2.75) is 78.3 Å². The molecule has 2 saturated carbocycles. The number of fused-ring (bicyclic) bond motifs is 2. The van der Waals surface area contributed by atoms with E-state index < -0.39 is 24.2 Å². The minimum Gasteiger partial charge on any atom is -0.454 e. The molecule has 2 aliphatic carbocycles. The van der Waals surface area contributed by atoms with Crippen LogP contribution in [-0.2, 0) is 6.42 Å². The lowest BCUT2D eigenvalue weighted by Crippen LogP contribution is -2.55. The molecule has 2 fully saturated rings. The minimum atomic E-state index is -1.03. The highest BCUT2D eigenvalue weighted by atomic mass is 16.3. The van der Waals surface area contributed by atoms with E-state index in [9.17, 15) is 15.3 Å². The number of aryl methyl sites for hydroxylation is 1. The molecule has 8 nitrogen and oxygen atoms in total. The van der Waals surface area contributed by atoms with Gasteiger partial charge in [0.1, 0.15) is 17.7 Å². The first-order valence-electron chi connectivity index (χ1n) is 13.2. The normalized spacial score (nSPS) is 35.4. The topological polar surface area (TPSA) is 123 Å². The molecule has 0 spiro atoms. The van der Waals surface area contributed by atoms with E-state index in [1.165, 1.54) is 5.57 Å². The zero-order valence-electron chi connectivity index (χ0n) is 22.2. The number of hydrogen-bond donors (Lipinski definition) is 5. The van der Waals surface area contributed by atoms with E-state index in [0.29, 0.717) is 18.2 Å². The summed E-state index contributed by atoms with van der Waals surface area (Å²) in [5.74, 6) is 1.60. The summed E-state index contributed by atoms with van der Waals surface area (Å²) in [5, 5.41) is 39.3. The van der Waals surface area contributed by atoms with Crippen LogP contribution in [0.4, 0.5) is 0 Å². The zero-order chi connectivity index (χ0) is 26.0. The number of aromatic nitrogens is 1. The fourth-order valence-electron chi connectivity index (χ4n) is 6.08. The van der Waals surface area contributed by atoms with Gasteiger partial charge in [0.15, 0.2) is 5.58 Å². The number of nitrogens with zero attached hydrogens (tertiary/aromatic N) is 2. The van der Waals surface area contributed by atoms with Crippen LogP contribution in [0.15, 0.2) is 33.3 Å². The maximum atomic E-state index is 10.7. The molecule has 7 atom stereocenters. The van der Waals surface area contributed by atoms with Gasteiger partial charge >= 0.3 is 0 Å². The van der Waals surface area contributed by atoms with Gasteiger partial charge in [0.2, 0.25) is 0 Å². The van der Waals surface area contributed by atoms with E-state index in [4.69, 9.17) is 9.41 Å². The SMILES string of the molecule is CCc1cc2cc(C3=C(C)C4C(C)C4(NCC(C)(C)C)NC3=NC3CC(CO)C(O)C3O)oc2cn1. The molecule has 1 aliphatic heterocycles. The first-order valence-corrected chi connectivity index (χ1v) is 13.2. The molecule has 7 unspecified atom stereocenters. The average Bonchev–Trinajstić information content (AvgIpc) is 3.09. The third-order valence-corrected chi connectivity index (χ3v) is 8.30. The number of nitrogens with one attached hydrogen (secondary N) is 2. The first kappa shape index (κ1) is 25.4. The molecule has 0 aromatic carbocycles. The van der Waals surface area contributed by atoms with Crippen molar-refractivity contribution >= 4 is 22.4 Å². The zero-order valence-corrected chi connectivity index (χ0v) is 22.2. The fraction of sp³-hybridized carbons (Fsp3) is 0.643. The van der Waals surface area contributed by atoms with Gasteiger partial charge in [0.05, 0.1) is 29.6 Å². The molecular weight excluding hydrogens is 456 g/mol. The summed E-state index contributed by atoms with van der Waals surface area (Å²) in [4.78, 5) is 9.47. The summed E-state index contributed by atoms with van der Waals surface area (Å²) in [6.07, 6.45) is 1.02. The van der Waals surface area contributed by atoms with Crippen molar-refractivity contribution in [2.75, 3.05) is 13.2 Å². The summed E-state index contributed by atoms with van der Waals surface area (Å²) in [6.45, 7) is 13.8. The number of furan rings is 1. The molecule has 0 radical (unpaired) electrons. The molecule has 3 heterocycles. The standard InChI is InChI=1S/C28H40N4O4/c1-7-18-8-16-10-20(36-21(16)11-29-18)22-14(2)23-15(3)28(23,30-13-27(4,5)6)32-26(22)31-19-9-17(12-33)24(34)25(19)35/h8,10-11,15,17,19,23-25,30,33-35H,7,9,12-13H2,1-6H3,(H,31,32). The summed E-state index contributed by atoms with van der Waals surface area (Å²) in [7, 11) is 0. The summed E-state index contributed by atoms with van der Waals surface area (Å²) < 4.78 is 6.30. The predicted molar refractivity (Wildman–Crippen MR) is 140 cm³/mol. The van der Waals surface area contributed by atoms with Crippen LogP contribution in [0, 0.1) is 23.2 Å². The van der Waals surface area contributed by atoms with Crippen molar-refractivity contribution in [1.82, 2.24) is 15.6 Å². The molecule has 2 aromatic rings. The van der Waals surface area contributed by atoms with Crippen molar-refractivity contribution in [3.8, 4) is 0 Å². The average molecular weight is 497 g/mol. The van der Waals surface area contributed by atoms with Crippen LogP contribution in [0.1, 0.15) is 59.4 Å². The van der Waals surface area contributed by atoms with Gasteiger partial charge in [0, 0.05) is 42.0 Å². The molecule has 0 saturated heterocycles. The van der Waals surface area contributed by atoms with Crippen LogP contribution in [0.25, 0.3) is 16.5 Å². The second-order valence-corrected chi connectivity index (χ2v) is 12.1. The van der Waals surface area contributed by atoms with Crippen LogP contribution in [-0.4, -0.2) is 63.2 Å². The second kappa shape index (κ2) is 8.94. The maximum Gasteiger partial charge on any atom is 0.153 e. The minimum absolute atomic E-state index is 0.112. The molecule has 8 heteroatoms. The van der Waals surface area contributed by atoms with E-state index in [2.05, 4.69) is 63.2 Å². The molecule has 0 bridgehead atoms. The Balaban J connectivity index is 1.59. The van der Waals surface area contributed by atoms with Gasteiger partial charge in [-0.3, -0.25) is 15.3 Å². The molecule has 2 aromatic heterocycles. The molecule has 5 N–H and O–H groups in total. The van der Waals surface area contributed by atoms with Gasteiger partial charge in [-0.1, -0.05) is 40.2 Å². The van der Waals surface area contributed by atoms with Crippen LogP contribution in [0.5, 0.6) is 0 Å². The fourth-order valence-corrected chi connectivity index (χ4v) is 6.08. The lowest BCUT2D eigenvalue weighted by atomic mass is 9.94. The van der Waals surface area contributed by atoms with E-state index in [0.717, 1.165) is 41.0 Å². The molecule has 5 rings (SSSR count). The van der Waals surface area contributed by atoms with Gasteiger partial charge in [-0.25, -0.2) is 0 Å². The van der Waals surface area contributed by atoms with Crippen molar-refractivity contribution in [1.29, 1.82) is 0 Å². The lowest BCUT2D eigenvalue weighted by molar-refractivity contribution is 0.00317. The molecular formula is C28H40N4O4. The Morgan fingerprint density at radius 2 is 2.00 bits per heavy atom. The number of aliphatic imine (C=N–C) groups is 1. The smallest absolute Gasteiger partial charge is 0.153 e. The van der Waals surface area contributed by atoms with E-state index >= 15 is 0 Å². The highest BCUT2D eigenvalue weighted by molar-refractivity contribution is 6.25. The van der Waals surface area contributed by atoms with E-state index in [-0.39, 0.29) is 23.6 Å². The quantitative estimate of drug-likeness (QED) is 0.417. The number of pyridine rings is 1. The third kappa shape index (κ3) is 4.18. The van der Waals surface area contributed by atoms with Crippen LogP contribution >= 0.6 is 0 Å². The van der Waals surface area contributed by atoms with Crippen LogP contribution < -0.4 is 10.6 Å². The van der Waals surface area contributed by atoms with E-state index in [1.807, 2.05) is 6.07 Å². The van der Waals surface area contributed by atoms with Crippen molar-refractivity contribution in [2.24, 2.45) is 28.2 Å². The van der Waals surface area contributed by atoms with Gasteiger partial charge in [0.25, 0.3) is 0 Å². The summed E-state index contributed by atoms with van der Waals surface area (Å²) >= 11 is 0. The predicted octanol–water partition coefficient (Wildman–Crippen LogP) is 2.87. The highest BCUT2D eigenvalue weighted by Gasteiger charge is 2.66. The molecule has 196 valence electrons. The van der Waals surface area contributed by atoms with Gasteiger partial charge in [-0.15, -0.1) is 0 Å². The Kier molecular flexibility index (Phi) is 6.31. The lowest BCUT2D eigenvalue weighted by Gasteiger charge is -2.33. The molecule has 36 heavy (non-hydrogen) atoms. The highest BCUT2D eigenvalue weighted by Crippen LogP contribution is 2.57. The van der Waals surface area contributed by atoms with Crippen molar-refractivity contribution < 1.29 is 19.7 Å². The van der Waals surface area contributed by atoms with Gasteiger partial charge < -0.3 is 25.1 Å². The summed E-state index contributed by atoms with van der Waals surface area (Å²) in [5.41, 5.74) is 3.63.